The van der Waals surface area contributed by atoms with Gasteiger partial charge in [-0.25, -0.2) is 9.31 Å². The smallest absolute Gasteiger partial charge is 0.342 e. The van der Waals surface area contributed by atoms with Gasteiger partial charge in [-0.3, -0.25) is 4.98 Å². The van der Waals surface area contributed by atoms with Gasteiger partial charge in [-0.05, 0) is 58.9 Å². The number of fused-ring (bicyclic) bond motifs is 1. The molecule has 0 amide bonds. The van der Waals surface area contributed by atoms with Gasteiger partial charge in [-0.2, -0.15) is 10.4 Å². The van der Waals surface area contributed by atoms with Crippen LogP contribution in [0.4, 0.5) is 5.69 Å². The number of rotatable bonds is 4. The van der Waals surface area contributed by atoms with Crippen LogP contribution in [0.15, 0.2) is 36.7 Å². The van der Waals surface area contributed by atoms with Crippen LogP contribution in [-0.4, -0.2) is 32.2 Å². The molecule has 0 aliphatic heterocycles. The third-order valence-electron chi connectivity index (χ3n) is 3.86. The maximum absolute atomic E-state index is 12.6. The quantitative estimate of drug-likeness (QED) is 0.690. The molecule has 3 aromatic heterocycles. The summed E-state index contributed by atoms with van der Waals surface area (Å²) in [5.74, 6) is -0.425. The highest BCUT2D eigenvalue weighted by Gasteiger charge is 2.22. The zero-order chi connectivity index (χ0) is 20.5. The Morgan fingerprint density at radius 1 is 1.25 bits per heavy atom. The Labute approximate surface area is 164 Å². The Morgan fingerprint density at radius 3 is 2.64 bits per heavy atom. The molecular formula is C21H23N5O2. The number of carbonyl (C=O) groups is 1. The molecule has 144 valence electrons. The van der Waals surface area contributed by atoms with Crippen LogP contribution in [-0.2, 0) is 4.74 Å². The van der Waals surface area contributed by atoms with E-state index in [9.17, 15) is 4.79 Å². The monoisotopic (exact) mass is 377 g/mol. The molecule has 0 bridgehead atoms. The van der Waals surface area contributed by atoms with Crippen molar-refractivity contribution >= 4 is 17.2 Å². The molecule has 0 radical (unpaired) electrons. The Bertz CT molecular complexity index is 1070. The summed E-state index contributed by atoms with van der Waals surface area (Å²) in [6, 6.07) is 9.55. The van der Waals surface area contributed by atoms with Crippen molar-refractivity contribution in [3.8, 4) is 17.5 Å². The van der Waals surface area contributed by atoms with Crippen molar-refractivity contribution in [1.82, 2.24) is 14.6 Å². The highest BCUT2D eigenvalue weighted by atomic mass is 16.6. The van der Waals surface area contributed by atoms with Crippen molar-refractivity contribution in [2.24, 2.45) is 0 Å². The van der Waals surface area contributed by atoms with E-state index < -0.39 is 11.6 Å². The van der Waals surface area contributed by atoms with Gasteiger partial charge in [0.15, 0.2) is 0 Å². The van der Waals surface area contributed by atoms with Gasteiger partial charge >= 0.3 is 5.97 Å². The first-order valence-corrected chi connectivity index (χ1v) is 9.06. The van der Waals surface area contributed by atoms with Gasteiger partial charge in [0, 0.05) is 12.2 Å². The lowest BCUT2D eigenvalue weighted by molar-refractivity contribution is 0.00702. The van der Waals surface area contributed by atoms with E-state index in [1.54, 1.807) is 10.6 Å². The minimum atomic E-state index is -0.592. The van der Waals surface area contributed by atoms with E-state index in [0.29, 0.717) is 22.5 Å². The highest BCUT2D eigenvalue weighted by molar-refractivity contribution is 5.96. The van der Waals surface area contributed by atoms with Crippen LogP contribution < -0.4 is 5.32 Å². The Hall–Kier alpha value is -3.40. The van der Waals surface area contributed by atoms with Crippen LogP contribution in [0, 0.1) is 11.3 Å². The van der Waals surface area contributed by atoms with Gasteiger partial charge in [0.1, 0.15) is 17.2 Å². The second-order valence-electron chi connectivity index (χ2n) is 7.83. The molecule has 0 saturated carbocycles. The van der Waals surface area contributed by atoms with Gasteiger partial charge < -0.3 is 10.1 Å². The second-order valence-corrected chi connectivity index (χ2v) is 7.83. The maximum Gasteiger partial charge on any atom is 0.342 e. The summed E-state index contributed by atoms with van der Waals surface area (Å²) in [5.41, 5.74) is 3.16. The van der Waals surface area contributed by atoms with Gasteiger partial charge in [0.05, 0.1) is 34.4 Å². The van der Waals surface area contributed by atoms with Crippen molar-refractivity contribution in [1.29, 1.82) is 5.26 Å². The lowest BCUT2D eigenvalue weighted by atomic mass is 10.1. The largest absolute Gasteiger partial charge is 0.456 e. The minimum Gasteiger partial charge on any atom is -0.456 e. The normalized spacial score (nSPS) is 11.5. The predicted octanol–water partition coefficient (Wildman–Crippen LogP) is 4.04. The van der Waals surface area contributed by atoms with Crippen LogP contribution in [0.5, 0.6) is 0 Å². The first kappa shape index (κ1) is 19.4. The Balaban J connectivity index is 2.06. The summed E-state index contributed by atoms with van der Waals surface area (Å²) in [7, 11) is 0. The number of carbonyl (C=O) groups excluding carboxylic acids is 1. The summed E-state index contributed by atoms with van der Waals surface area (Å²) >= 11 is 0. The molecule has 0 aromatic carbocycles. The number of aromatic nitrogens is 3. The highest BCUT2D eigenvalue weighted by Crippen LogP contribution is 2.27. The summed E-state index contributed by atoms with van der Waals surface area (Å²) in [4.78, 5) is 17.1. The molecule has 0 fully saturated rings. The van der Waals surface area contributed by atoms with Gasteiger partial charge in [-0.1, -0.05) is 0 Å². The zero-order valence-electron chi connectivity index (χ0n) is 16.6. The van der Waals surface area contributed by atoms with Crippen LogP contribution >= 0.6 is 0 Å². The lowest BCUT2D eigenvalue weighted by Crippen LogP contribution is -2.25. The van der Waals surface area contributed by atoms with Crippen molar-refractivity contribution in [3.05, 3.63) is 47.8 Å². The fourth-order valence-corrected chi connectivity index (χ4v) is 2.78. The van der Waals surface area contributed by atoms with Gasteiger partial charge in [0.2, 0.25) is 0 Å². The molecule has 0 saturated heterocycles. The Morgan fingerprint density at radius 2 is 2.00 bits per heavy atom. The van der Waals surface area contributed by atoms with E-state index in [0.717, 1.165) is 11.2 Å². The summed E-state index contributed by atoms with van der Waals surface area (Å²) in [6.45, 7) is 9.48. The molecule has 0 atom stereocenters. The summed E-state index contributed by atoms with van der Waals surface area (Å²) in [6.07, 6.45) is 3.04. The molecule has 0 aliphatic rings. The second kappa shape index (κ2) is 7.31. The fraction of sp³-hybridized carbons (Fsp3) is 0.333. The molecule has 7 heteroatoms. The maximum atomic E-state index is 12.6. The molecule has 0 unspecified atom stereocenters. The average Bonchev–Trinajstić information content (AvgIpc) is 3.02. The van der Waals surface area contributed by atoms with E-state index >= 15 is 0 Å². The SMILES string of the molecule is CC(C)Nc1cc(-c2ccc3cc(C#N)cnn23)ncc1C(=O)OC(C)(C)C. The molecule has 3 heterocycles. The molecule has 7 nitrogen and oxygen atoms in total. The number of ether oxygens (including phenoxy) is 1. The number of nitrogens with one attached hydrogen (secondary N) is 1. The number of hydrogen-bond donors (Lipinski definition) is 1. The fourth-order valence-electron chi connectivity index (χ4n) is 2.78. The van der Waals surface area contributed by atoms with E-state index in [2.05, 4.69) is 21.5 Å². The molecule has 0 spiro atoms. The van der Waals surface area contributed by atoms with E-state index in [1.165, 1.54) is 12.4 Å². The Kier molecular flexibility index (Phi) is 5.06. The average molecular weight is 377 g/mol. The van der Waals surface area contributed by atoms with Gasteiger partial charge in [0.25, 0.3) is 0 Å². The molecule has 1 N–H and O–H groups in total. The number of esters is 1. The number of nitriles is 1. The number of pyridine rings is 1. The molecular weight excluding hydrogens is 354 g/mol. The first-order chi connectivity index (χ1) is 13.2. The first-order valence-electron chi connectivity index (χ1n) is 9.06. The van der Waals surface area contributed by atoms with Crippen molar-refractivity contribution in [2.45, 2.75) is 46.3 Å². The van der Waals surface area contributed by atoms with Crippen LogP contribution in [0.3, 0.4) is 0 Å². The predicted molar refractivity (Wildman–Crippen MR) is 107 cm³/mol. The number of anilines is 1. The standard InChI is InChI=1S/C21H23N5O2/c1-13(2)25-17-9-18(23-12-16(17)20(27)28-21(3,4)5)19-7-6-15-8-14(10-22)11-24-26(15)19/h6-9,11-13H,1-5H3,(H,23,25). The minimum absolute atomic E-state index is 0.122. The van der Waals surface area contributed by atoms with Crippen molar-refractivity contribution in [3.63, 3.8) is 0 Å². The number of hydrogen-bond acceptors (Lipinski definition) is 6. The van der Waals surface area contributed by atoms with Crippen LogP contribution in [0.1, 0.15) is 50.5 Å². The van der Waals surface area contributed by atoms with Crippen LogP contribution in [0.25, 0.3) is 16.9 Å². The van der Waals surface area contributed by atoms with E-state index in [4.69, 9.17) is 10.00 Å². The summed E-state index contributed by atoms with van der Waals surface area (Å²) in [5, 5.41) is 16.7. The van der Waals surface area contributed by atoms with Crippen LogP contribution in [0.2, 0.25) is 0 Å². The van der Waals surface area contributed by atoms with E-state index in [1.807, 2.05) is 52.8 Å². The van der Waals surface area contributed by atoms with Crippen molar-refractivity contribution in [2.75, 3.05) is 5.32 Å². The summed E-state index contributed by atoms with van der Waals surface area (Å²) < 4.78 is 7.22. The molecule has 28 heavy (non-hydrogen) atoms. The molecule has 0 aliphatic carbocycles. The van der Waals surface area contributed by atoms with Gasteiger partial charge in [-0.15, -0.1) is 0 Å². The third-order valence-corrected chi connectivity index (χ3v) is 3.86. The lowest BCUT2D eigenvalue weighted by Gasteiger charge is -2.21. The molecule has 3 aromatic rings. The third kappa shape index (κ3) is 4.12. The van der Waals surface area contributed by atoms with E-state index in [-0.39, 0.29) is 6.04 Å². The molecule has 3 rings (SSSR count). The van der Waals surface area contributed by atoms with Crippen molar-refractivity contribution < 1.29 is 9.53 Å². The number of nitrogens with zero attached hydrogens (tertiary/aromatic N) is 4. The zero-order valence-corrected chi connectivity index (χ0v) is 16.6. The topological polar surface area (TPSA) is 92.3 Å².